The summed E-state index contributed by atoms with van der Waals surface area (Å²) in [6, 6.07) is 8.43. The minimum Gasteiger partial charge on any atom is -0.428 e. The SMILES string of the molecule is CN(C)c1ccc(C2=CC=COS2)cc1.I. The molecule has 0 bridgehead atoms. The molecular formula is C12H14INOS. The molecule has 1 aliphatic rings. The lowest BCUT2D eigenvalue weighted by molar-refractivity contribution is 0.570. The second-order valence-electron chi connectivity index (χ2n) is 3.48. The molecule has 1 aliphatic heterocycles. The molecule has 4 heteroatoms. The molecular weight excluding hydrogens is 333 g/mol. The van der Waals surface area contributed by atoms with Crippen LogP contribution in [0.5, 0.6) is 0 Å². The number of allylic oxidation sites excluding steroid dienone is 2. The van der Waals surface area contributed by atoms with Crippen molar-refractivity contribution < 1.29 is 4.18 Å². The second kappa shape index (κ2) is 6.20. The Bertz CT molecular complexity index is 398. The smallest absolute Gasteiger partial charge is 0.102 e. The second-order valence-corrected chi connectivity index (χ2v) is 4.28. The average Bonchev–Trinajstić information content (AvgIpc) is 2.30. The van der Waals surface area contributed by atoms with Crippen molar-refractivity contribution >= 4 is 46.6 Å². The quantitative estimate of drug-likeness (QED) is 0.595. The number of rotatable bonds is 2. The summed E-state index contributed by atoms with van der Waals surface area (Å²) in [4.78, 5) is 3.23. The predicted molar refractivity (Wildman–Crippen MR) is 82.0 cm³/mol. The molecule has 0 aliphatic carbocycles. The summed E-state index contributed by atoms with van der Waals surface area (Å²) < 4.78 is 5.17. The summed E-state index contributed by atoms with van der Waals surface area (Å²) in [5.74, 6) is 0. The van der Waals surface area contributed by atoms with E-state index in [9.17, 15) is 0 Å². The summed E-state index contributed by atoms with van der Waals surface area (Å²) in [6.07, 6.45) is 5.65. The molecule has 86 valence electrons. The zero-order valence-corrected chi connectivity index (χ0v) is 12.4. The third-order valence-corrected chi connectivity index (χ3v) is 2.95. The molecule has 0 N–H and O–H groups in total. The molecule has 0 unspecified atom stereocenters. The lowest BCUT2D eigenvalue weighted by Gasteiger charge is -2.13. The van der Waals surface area contributed by atoms with Crippen molar-refractivity contribution in [3.05, 3.63) is 48.2 Å². The third kappa shape index (κ3) is 3.18. The monoisotopic (exact) mass is 347 g/mol. The highest BCUT2D eigenvalue weighted by molar-refractivity contribution is 14.0. The van der Waals surface area contributed by atoms with Crippen LogP contribution >= 0.6 is 36.0 Å². The van der Waals surface area contributed by atoms with Crippen molar-refractivity contribution in [2.75, 3.05) is 19.0 Å². The van der Waals surface area contributed by atoms with Crippen molar-refractivity contribution in [3.63, 3.8) is 0 Å². The van der Waals surface area contributed by atoms with E-state index in [0.717, 1.165) is 4.91 Å². The van der Waals surface area contributed by atoms with E-state index in [1.54, 1.807) is 6.26 Å². The summed E-state index contributed by atoms with van der Waals surface area (Å²) in [6.45, 7) is 0. The summed E-state index contributed by atoms with van der Waals surface area (Å²) in [7, 11) is 4.07. The number of benzene rings is 1. The molecule has 0 aromatic heterocycles. The summed E-state index contributed by atoms with van der Waals surface area (Å²) in [5, 5.41) is 0. The van der Waals surface area contributed by atoms with Crippen LogP contribution in [0.4, 0.5) is 5.69 Å². The predicted octanol–water partition coefficient (Wildman–Crippen LogP) is 3.90. The van der Waals surface area contributed by atoms with Gasteiger partial charge < -0.3 is 9.08 Å². The van der Waals surface area contributed by atoms with Crippen molar-refractivity contribution in [3.8, 4) is 0 Å². The third-order valence-electron chi connectivity index (χ3n) is 2.19. The van der Waals surface area contributed by atoms with Crippen molar-refractivity contribution in [2.24, 2.45) is 0 Å². The Labute approximate surface area is 118 Å². The first-order valence-electron chi connectivity index (χ1n) is 4.75. The van der Waals surface area contributed by atoms with Crippen LogP contribution in [-0.2, 0) is 4.18 Å². The Hall–Kier alpha value is -0.620. The van der Waals surface area contributed by atoms with Crippen molar-refractivity contribution in [2.45, 2.75) is 0 Å². The minimum absolute atomic E-state index is 0. The standard InChI is InChI=1S/C12H13NOS.HI/c1-13(2)11-7-5-10(6-8-11)12-4-3-9-14-15-12;/h3-9H,1-2H3;1H. The fourth-order valence-electron chi connectivity index (χ4n) is 1.33. The number of nitrogens with zero attached hydrogens (tertiary/aromatic N) is 1. The maximum absolute atomic E-state index is 5.17. The van der Waals surface area contributed by atoms with Gasteiger partial charge in [0, 0.05) is 19.8 Å². The van der Waals surface area contributed by atoms with E-state index in [1.807, 2.05) is 20.2 Å². The van der Waals surface area contributed by atoms with Crippen LogP contribution in [0.25, 0.3) is 4.91 Å². The van der Waals surface area contributed by atoms with Gasteiger partial charge in [0.2, 0.25) is 0 Å². The van der Waals surface area contributed by atoms with Crippen LogP contribution < -0.4 is 4.90 Å². The topological polar surface area (TPSA) is 12.5 Å². The van der Waals surface area contributed by atoms with Gasteiger partial charge >= 0.3 is 0 Å². The van der Waals surface area contributed by atoms with E-state index in [-0.39, 0.29) is 24.0 Å². The average molecular weight is 347 g/mol. The van der Waals surface area contributed by atoms with Gasteiger partial charge in [0.15, 0.2) is 0 Å². The Morgan fingerprint density at radius 1 is 1.12 bits per heavy atom. The molecule has 0 amide bonds. The molecule has 0 atom stereocenters. The summed E-state index contributed by atoms with van der Waals surface area (Å²) in [5.41, 5.74) is 2.39. The van der Waals surface area contributed by atoms with Crippen LogP contribution in [-0.4, -0.2) is 14.1 Å². The van der Waals surface area contributed by atoms with Gasteiger partial charge in [-0.2, -0.15) is 0 Å². The number of hydrogen-bond donors (Lipinski definition) is 0. The van der Waals surface area contributed by atoms with Crippen molar-refractivity contribution in [1.29, 1.82) is 0 Å². The number of hydrogen-bond acceptors (Lipinski definition) is 3. The molecule has 1 heterocycles. The maximum atomic E-state index is 5.17. The molecule has 0 radical (unpaired) electrons. The van der Waals surface area contributed by atoms with E-state index in [4.69, 9.17) is 4.18 Å². The van der Waals surface area contributed by atoms with Gasteiger partial charge in [0.25, 0.3) is 0 Å². The van der Waals surface area contributed by atoms with E-state index < -0.39 is 0 Å². The van der Waals surface area contributed by atoms with E-state index in [1.165, 1.54) is 23.3 Å². The van der Waals surface area contributed by atoms with Gasteiger partial charge in [0.05, 0.1) is 16.9 Å². The molecule has 0 spiro atoms. The molecule has 2 rings (SSSR count). The lowest BCUT2D eigenvalue weighted by atomic mass is 10.2. The first-order chi connectivity index (χ1) is 7.27. The van der Waals surface area contributed by atoms with Gasteiger partial charge in [-0.25, -0.2) is 0 Å². The van der Waals surface area contributed by atoms with E-state index in [0.29, 0.717) is 0 Å². The van der Waals surface area contributed by atoms with Gasteiger partial charge in [-0.3, -0.25) is 0 Å². The van der Waals surface area contributed by atoms with E-state index >= 15 is 0 Å². The first-order valence-corrected chi connectivity index (χ1v) is 5.49. The zero-order valence-electron chi connectivity index (χ0n) is 9.21. The van der Waals surface area contributed by atoms with Gasteiger partial charge in [0.1, 0.15) is 6.26 Å². The largest absolute Gasteiger partial charge is 0.428 e. The highest BCUT2D eigenvalue weighted by atomic mass is 127. The van der Waals surface area contributed by atoms with Crippen LogP contribution in [0.1, 0.15) is 5.56 Å². The Morgan fingerprint density at radius 3 is 2.31 bits per heavy atom. The van der Waals surface area contributed by atoms with Crippen LogP contribution in [0, 0.1) is 0 Å². The summed E-state index contributed by atoms with van der Waals surface area (Å²) >= 11 is 1.39. The molecule has 16 heavy (non-hydrogen) atoms. The van der Waals surface area contributed by atoms with Gasteiger partial charge in [-0.15, -0.1) is 24.0 Å². The highest BCUT2D eigenvalue weighted by Crippen LogP contribution is 2.31. The lowest BCUT2D eigenvalue weighted by Crippen LogP contribution is -2.08. The van der Waals surface area contributed by atoms with Gasteiger partial charge in [-0.1, -0.05) is 12.1 Å². The molecule has 0 saturated heterocycles. The van der Waals surface area contributed by atoms with Crippen LogP contribution in [0.3, 0.4) is 0 Å². The fraction of sp³-hybridized carbons (Fsp3) is 0.167. The highest BCUT2D eigenvalue weighted by Gasteiger charge is 2.05. The van der Waals surface area contributed by atoms with E-state index in [2.05, 4.69) is 35.2 Å². The van der Waals surface area contributed by atoms with Crippen LogP contribution in [0.2, 0.25) is 0 Å². The fourth-order valence-corrected chi connectivity index (χ4v) is 1.92. The minimum atomic E-state index is 0. The Morgan fingerprint density at radius 2 is 1.81 bits per heavy atom. The molecule has 1 aromatic rings. The van der Waals surface area contributed by atoms with Gasteiger partial charge in [-0.05, 0) is 29.8 Å². The number of halogens is 1. The first kappa shape index (κ1) is 13.4. The zero-order chi connectivity index (χ0) is 10.7. The molecule has 2 nitrogen and oxygen atoms in total. The Kier molecular flexibility index (Phi) is 5.21. The number of anilines is 1. The normalized spacial score (nSPS) is 13.5. The molecule has 0 saturated carbocycles. The maximum Gasteiger partial charge on any atom is 0.102 e. The molecule has 0 fully saturated rings. The Balaban J connectivity index is 0.00000128. The van der Waals surface area contributed by atoms with Crippen LogP contribution in [0.15, 0.2) is 42.7 Å². The van der Waals surface area contributed by atoms with Crippen molar-refractivity contribution in [1.82, 2.24) is 0 Å². The molecule has 1 aromatic carbocycles.